The summed E-state index contributed by atoms with van der Waals surface area (Å²) in [6.07, 6.45) is 0. The van der Waals surface area contributed by atoms with Crippen molar-refractivity contribution < 1.29 is 4.79 Å². The van der Waals surface area contributed by atoms with E-state index in [0.717, 1.165) is 5.56 Å². The van der Waals surface area contributed by atoms with E-state index in [2.05, 4.69) is 0 Å². The third-order valence-electron chi connectivity index (χ3n) is 1.91. The van der Waals surface area contributed by atoms with Crippen molar-refractivity contribution in [1.29, 1.82) is 0 Å². The number of carbonyl (C=O) groups is 1. The molecule has 0 fully saturated rings. The molecule has 0 spiro atoms. The summed E-state index contributed by atoms with van der Waals surface area (Å²) >= 11 is 11.4. The zero-order valence-electron chi connectivity index (χ0n) is 7.21. The maximum absolute atomic E-state index is 10.8. The van der Waals surface area contributed by atoms with Gasteiger partial charge in [-0.25, -0.2) is 0 Å². The van der Waals surface area contributed by atoms with E-state index in [0.29, 0.717) is 0 Å². The van der Waals surface area contributed by atoms with Gasteiger partial charge in [-0.1, -0.05) is 37.3 Å². The summed E-state index contributed by atoms with van der Waals surface area (Å²) < 4.78 is 0. The lowest BCUT2D eigenvalue weighted by Gasteiger charge is -2.13. The minimum Gasteiger partial charge on any atom is -0.281 e. The molecule has 0 aliphatic rings. The van der Waals surface area contributed by atoms with Crippen LogP contribution in [0.2, 0.25) is 0 Å². The zero-order chi connectivity index (χ0) is 9.84. The van der Waals surface area contributed by atoms with Gasteiger partial charge in [0.05, 0.1) is 11.3 Å². The molecule has 3 heteroatoms. The minimum atomic E-state index is -0.399. The van der Waals surface area contributed by atoms with Crippen LogP contribution in [0, 0.1) is 5.92 Å². The molecule has 0 bridgehead atoms. The van der Waals surface area contributed by atoms with Crippen molar-refractivity contribution >= 4 is 28.4 Å². The van der Waals surface area contributed by atoms with Crippen molar-refractivity contribution in [3.63, 3.8) is 0 Å². The molecule has 0 saturated carbocycles. The van der Waals surface area contributed by atoms with Crippen LogP contribution in [-0.2, 0) is 4.79 Å². The van der Waals surface area contributed by atoms with Gasteiger partial charge < -0.3 is 0 Å². The Labute approximate surface area is 87.7 Å². The second kappa shape index (κ2) is 4.64. The Kier molecular flexibility index (Phi) is 3.76. The molecule has 1 rings (SSSR count). The standard InChI is InChI=1S/C10H10Cl2O/c1-7(10(12)13)9(11)8-5-3-2-4-6-8/h2-7,9H,1H3. The molecule has 1 aromatic rings. The quantitative estimate of drug-likeness (QED) is 0.560. The average molecular weight is 217 g/mol. The monoisotopic (exact) mass is 216 g/mol. The van der Waals surface area contributed by atoms with Gasteiger partial charge in [0.25, 0.3) is 0 Å². The maximum atomic E-state index is 10.8. The summed E-state index contributed by atoms with van der Waals surface area (Å²) in [6, 6.07) is 9.44. The van der Waals surface area contributed by atoms with Crippen LogP contribution in [0.5, 0.6) is 0 Å². The molecule has 0 N–H and O–H groups in total. The fourth-order valence-corrected chi connectivity index (χ4v) is 1.49. The number of carbonyl (C=O) groups excluding carboxylic acids is 1. The van der Waals surface area contributed by atoms with E-state index in [9.17, 15) is 4.79 Å². The Morgan fingerprint density at radius 1 is 1.31 bits per heavy atom. The lowest BCUT2D eigenvalue weighted by atomic mass is 10.0. The van der Waals surface area contributed by atoms with Gasteiger partial charge in [-0.15, -0.1) is 11.6 Å². The van der Waals surface area contributed by atoms with Crippen molar-refractivity contribution in [1.82, 2.24) is 0 Å². The Morgan fingerprint density at radius 2 is 1.85 bits per heavy atom. The van der Waals surface area contributed by atoms with Gasteiger partial charge >= 0.3 is 0 Å². The first kappa shape index (κ1) is 10.6. The van der Waals surface area contributed by atoms with Gasteiger partial charge in [0.15, 0.2) is 0 Å². The number of hydrogen-bond acceptors (Lipinski definition) is 1. The van der Waals surface area contributed by atoms with Gasteiger partial charge in [0.1, 0.15) is 0 Å². The molecular weight excluding hydrogens is 207 g/mol. The number of rotatable bonds is 3. The summed E-state index contributed by atoms with van der Waals surface area (Å²) in [5.41, 5.74) is 0.922. The van der Waals surface area contributed by atoms with E-state index in [1.165, 1.54) is 0 Å². The Morgan fingerprint density at radius 3 is 2.31 bits per heavy atom. The van der Waals surface area contributed by atoms with Crippen LogP contribution in [0.4, 0.5) is 0 Å². The molecule has 0 aromatic heterocycles. The van der Waals surface area contributed by atoms with E-state index in [4.69, 9.17) is 23.2 Å². The maximum Gasteiger partial charge on any atom is 0.226 e. The highest BCUT2D eigenvalue weighted by molar-refractivity contribution is 6.64. The predicted molar refractivity (Wildman–Crippen MR) is 55.1 cm³/mol. The molecule has 0 aliphatic carbocycles. The molecule has 2 unspecified atom stereocenters. The second-order valence-corrected chi connectivity index (χ2v) is 3.75. The van der Waals surface area contributed by atoms with Crippen molar-refractivity contribution in [3.05, 3.63) is 35.9 Å². The Balaban J connectivity index is 2.79. The molecule has 2 atom stereocenters. The molecule has 0 radical (unpaired) electrons. The number of halogens is 2. The number of hydrogen-bond donors (Lipinski definition) is 0. The smallest absolute Gasteiger partial charge is 0.226 e. The van der Waals surface area contributed by atoms with E-state index in [1.807, 2.05) is 30.3 Å². The summed E-state index contributed by atoms with van der Waals surface area (Å²) in [7, 11) is 0. The van der Waals surface area contributed by atoms with E-state index < -0.39 is 5.24 Å². The first-order chi connectivity index (χ1) is 6.13. The summed E-state index contributed by atoms with van der Waals surface area (Å²) in [4.78, 5) is 10.8. The lowest BCUT2D eigenvalue weighted by Crippen LogP contribution is -2.10. The van der Waals surface area contributed by atoms with Gasteiger partial charge in [-0.05, 0) is 17.2 Å². The summed E-state index contributed by atoms with van der Waals surface area (Å²) in [5.74, 6) is -0.356. The topological polar surface area (TPSA) is 17.1 Å². The van der Waals surface area contributed by atoms with Gasteiger partial charge in [0.2, 0.25) is 5.24 Å². The first-order valence-corrected chi connectivity index (χ1v) is 4.82. The molecular formula is C10H10Cl2O. The lowest BCUT2D eigenvalue weighted by molar-refractivity contribution is -0.114. The van der Waals surface area contributed by atoms with Crippen LogP contribution < -0.4 is 0 Å². The molecule has 0 saturated heterocycles. The van der Waals surface area contributed by atoms with Crippen LogP contribution in [0.25, 0.3) is 0 Å². The highest BCUT2D eigenvalue weighted by Gasteiger charge is 2.21. The van der Waals surface area contributed by atoms with Gasteiger partial charge in [-0.3, -0.25) is 4.79 Å². The zero-order valence-corrected chi connectivity index (χ0v) is 8.72. The van der Waals surface area contributed by atoms with Crippen LogP contribution in [0.15, 0.2) is 30.3 Å². The normalized spacial score (nSPS) is 15.0. The first-order valence-electron chi connectivity index (χ1n) is 4.01. The molecule has 1 nitrogen and oxygen atoms in total. The van der Waals surface area contributed by atoms with Crippen LogP contribution in [0.3, 0.4) is 0 Å². The van der Waals surface area contributed by atoms with Gasteiger partial charge in [0, 0.05) is 0 Å². The fourth-order valence-electron chi connectivity index (χ4n) is 1.04. The second-order valence-electron chi connectivity index (χ2n) is 2.91. The van der Waals surface area contributed by atoms with Crippen LogP contribution in [-0.4, -0.2) is 5.24 Å². The van der Waals surface area contributed by atoms with Gasteiger partial charge in [-0.2, -0.15) is 0 Å². The average Bonchev–Trinajstić information content (AvgIpc) is 2.17. The highest BCUT2D eigenvalue weighted by Crippen LogP contribution is 2.29. The third-order valence-corrected chi connectivity index (χ3v) is 2.89. The predicted octanol–water partition coefficient (Wildman–Crippen LogP) is 3.37. The summed E-state index contributed by atoms with van der Waals surface area (Å²) in [5, 5.41) is -0.741. The van der Waals surface area contributed by atoms with Crippen LogP contribution >= 0.6 is 23.2 Å². The minimum absolute atomic E-state index is 0.341. The molecule has 0 amide bonds. The molecule has 70 valence electrons. The van der Waals surface area contributed by atoms with Crippen molar-refractivity contribution in [2.24, 2.45) is 5.92 Å². The Bertz CT molecular complexity index is 284. The van der Waals surface area contributed by atoms with E-state index in [-0.39, 0.29) is 11.3 Å². The SMILES string of the molecule is CC(C(=O)Cl)C(Cl)c1ccccc1. The van der Waals surface area contributed by atoms with Crippen molar-refractivity contribution in [2.75, 3.05) is 0 Å². The molecule has 0 aliphatic heterocycles. The molecule has 0 heterocycles. The largest absolute Gasteiger partial charge is 0.281 e. The van der Waals surface area contributed by atoms with Crippen molar-refractivity contribution in [2.45, 2.75) is 12.3 Å². The van der Waals surface area contributed by atoms with Crippen LogP contribution in [0.1, 0.15) is 17.9 Å². The highest BCUT2D eigenvalue weighted by atomic mass is 35.5. The fraction of sp³-hybridized carbons (Fsp3) is 0.300. The van der Waals surface area contributed by atoms with E-state index in [1.54, 1.807) is 6.92 Å². The third kappa shape index (κ3) is 2.71. The summed E-state index contributed by atoms with van der Waals surface area (Å²) in [6.45, 7) is 1.72. The van der Waals surface area contributed by atoms with Crippen molar-refractivity contribution in [3.8, 4) is 0 Å². The Hall–Kier alpha value is -0.530. The molecule has 13 heavy (non-hydrogen) atoms. The number of benzene rings is 1. The number of alkyl halides is 1. The van der Waals surface area contributed by atoms with E-state index >= 15 is 0 Å². The molecule has 1 aromatic carbocycles.